The summed E-state index contributed by atoms with van der Waals surface area (Å²) in [5.74, 6) is 0. The molecule has 0 unspecified atom stereocenters. The van der Waals surface area contributed by atoms with Gasteiger partial charge in [0.1, 0.15) is 5.69 Å². The summed E-state index contributed by atoms with van der Waals surface area (Å²) in [5, 5.41) is 4.44. The Bertz CT molecular complexity index is 643. The zero-order valence-electron chi connectivity index (χ0n) is 9.24. The second-order valence-corrected chi connectivity index (χ2v) is 3.91. The predicted molar refractivity (Wildman–Crippen MR) is 66.6 cm³/mol. The molecule has 0 saturated carbocycles. The second-order valence-electron chi connectivity index (χ2n) is 3.91. The molecule has 17 heavy (non-hydrogen) atoms. The molecule has 0 bridgehead atoms. The standard InChI is InChI=1S/C13H12N4/c14-12-11(9-10-5-2-1-3-6-10)16-17-8-4-7-15-13(12)17/h1-8H,9,14H2. The van der Waals surface area contributed by atoms with Gasteiger partial charge < -0.3 is 5.73 Å². The molecule has 0 aliphatic heterocycles. The first-order valence-electron chi connectivity index (χ1n) is 5.46. The Labute approximate surface area is 98.7 Å². The van der Waals surface area contributed by atoms with Crippen molar-refractivity contribution in [2.75, 3.05) is 5.73 Å². The van der Waals surface area contributed by atoms with E-state index in [1.54, 1.807) is 10.7 Å². The SMILES string of the molecule is Nc1c(Cc2ccccc2)nn2cccnc12. The maximum absolute atomic E-state index is 6.04. The van der Waals surface area contributed by atoms with Crippen LogP contribution in [-0.4, -0.2) is 14.6 Å². The van der Waals surface area contributed by atoms with Crippen molar-refractivity contribution in [1.82, 2.24) is 14.6 Å². The van der Waals surface area contributed by atoms with Crippen LogP contribution in [0.2, 0.25) is 0 Å². The third-order valence-electron chi connectivity index (χ3n) is 2.72. The van der Waals surface area contributed by atoms with Crippen LogP contribution < -0.4 is 5.73 Å². The predicted octanol–water partition coefficient (Wildman–Crippen LogP) is 1.90. The van der Waals surface area contributed by atoms with Crippen molar-refractivity contribution >= 4 is 11.3 Å². The molecule has 0 fully saturated rings. The van der Waals surface area contributed by atoms with Crippen molar-refractivity contribution in [2.45, 2.75) is 6.42 Å². The zero-order valence-corrected chi connectivity index (χ0v) is 9.24. The van der Waals surface area contributed by atoms with Crippen molar-refractivity contribution in [3.63, 3.8) is 0 Å². The van der Waals surface area contributed by atoms with Crippen molar-refractivity contribution in [1.29, 1.82) is 0 Å². The normalized spacial score (nSPS) is 10.8. The zero-order chi connectivity index (χ0) is 11.7. The quantitative estimate of drug-likeness (QED) is 0.723. The molecule has 3 aromatic rings. The van der Waals surface area contributed by atoms with E-state index in [2.05, 4.69) is 22.2 Å². The van der Waals surface area contributed by atoms with E-state index in [0.717, 1.165) is 17.8 Å². The fraction of sp³-hybridized carbons (Fsp3) is 0.0769. The molecule has 1 aromatic carbocycles. The molecule has 2 N–H and O–H groups in total. The van der Waals surface area contributed by atoms with Gasteiger partial charge in [0.2, 0.25) is 0 Å². The molecule has 0 radical (unpaired) electrons. The van der Waals surface area contributed by atoms with E-state index < -0.39 is 0 Å². The molecular formula is C13H12N4. The average Bonchev–Trinajstić information content (AvgIpc) is 2.68. The van der Waals surface area contributed by atoms with Crippen LogP contribution in [0.25, 0.3) is 5.65 Å². The van der Waals surface area contributed by atoms with Gasteiger partial charge in [0.05, 0.1) is 5.69 Å². The molecule has 4 nitrogen and oxygen atoms in total. The molecule has 0 saturated heterocycles. The number of nitrogen functional groups attached to an aromatic ring is 1. The summed E-state index contributed by atoms with van der Waals surface area (Å²) in [6.07, 6.45) is 4.31. The molecular weight excluding hydrogens is 212 g/mol. The lowest BCUT2D eigenvalue weighted by molar-refractivity contribution is 0.897. The van der Waals surface area contributed by atoms with E-state index in [1.165, 1.54) is 5.56 Å². The summed E-state index contributed by atoms with van der Waals surface area (Å²) in [6, 6.07) is 12.0. The fourth-order valence-corrected chi connectivity index (χ4v) is 1.87. The lowest BCUT2D eigenvalue weighted by Gasteiger charge is -1.97. The van der Waals surface area contributed by atoms with Gasteiger partial charge in [-0.1, -0.05) is 30.3 Å². The summed E-state index contributed by atoms with van der Waals surface area (Å²) in [7, 11) is 0. The van der Waals surface area contributed by atoms with Gasteiger partial charge in [-0.15, -0.1) is 0 Å². The highest BCUT2D eigenvalue weighted by molar-refractivity contribution is 5.67. The van der Waals surface area contributed by atoms with Crippen LogP contribution >= 0.6 is 0 Å². The van der Waals surface area contributed by atoms with Gasteiger partial charge in [-0.05, 0) is 11.6 Å². The Hall–Kier alpha value is -2.36. The van der Waals surface area contributed by atoms with Gasteiger partial charge in [0.25, 0.3) is 0 Å². The molecule has 84 valence electrons. The summed E-state index contributed by atoms with van der Waals surface area (Å²) in [5.41, 5.74) is 9.49. The molecule has 0 aliphatic carbocycles. The van der Waals surface area contributed by atoms with Gasteiger partial charge in [0, 0.05) is 18.8 Å². The van der Waals surface area contributed by atoms with Crippen LogP contribution in [0.4, 0.5) is 5.69 Å². The van der Waals surface area contributed by atoms with Crippen LogP contribution in [0, 0.1) is 0 Å². The first-order valence-corrected chi connectivity index (χ1v) is 5.46. The van der Waals surface area contributed by atoms with Crippen LogP contribution in [0.1, 0.15) is 11.3 Å². The Morgan fingerprint density at radius 3 is 2.71 bits per heavy atom. The van der Waals surface area contributed by atoms with Crippen LogP contribution in [0.15, 0.2) is 48.8 Å². The van der Waals surface area contributed by atoms with Crippen molar-refractivity contribution in [3.8, 4) is 0 Å². The van der Waals surface area contributed by atoms with E-state index in [4.69, 9.17) is 5.73 Å². The number of hydrogen-bond donors (Lipinski definition) is 1. The minimum absolute atomic E-state index is 0.662. The Morgan fingerprint density at radius 2 is 1.94 bits per heavy atom. The Kier molecular flexibility index (Phi) is 2.26. The third kappa shape index (κ3) is 1.73. The first-order chi connectivity index (χ1) is 8.34. The molecule has 0 atom stereocenters. The number of benzene rings is 1. The molecule has 0 aliphatic rings. The Morgan fingerprint density at radius 1 is 1.12 bits per heavy atom. The minimum atomic E-state index is 0.662. The van der Waals surface area contributed by atoms with Gasteiger partial charge in [0.15, 0.2) is 5.65 Å². The molecule has 2 aromatic heterocycles. The lowest BCUT2D eigenvalue weighted by Crippen LogP contribution is -1.94. The van der Waals surface area contributed by atoms with Gasteiger partial charge >= 0.3 is 0 Å². The summed E-state index contributed by atoms with van der Waals surface area (Å²) >= 11 is 0. The topological polar surface area (TPSA) is 56.2 Å². The van der Waals surface area contributed by atoms with E-state index in [-0.39, 0.29) is 0 Å². The molecule has 3 rings (SSSR count). The monoisotopic (exact) mass is 224 g/mol. The number of rotatable bonds is 2. The number of nitrogens with zero attached hydrogens (tertiary/aromatic N) is 3. The number of hydrogen-bond acceptors (Lipinski definition) is 3. The fourth-order valence-electron chi connectivity index (χ4n) is 1.87. The van der Waals surface area contributed by atoms with Crippen molar-refractivity contribution < 1.29 is 0 Å². The van der Waals surface area contributed by atoms with Crippen LogP contribution in [0.5, 0.6) is 0 Å². The highest BCUT2D eigenvalue weighted by Gasteiger charge is 2.10. The summed E-state index contributed by atoms with van der Waals surface area (Å²) < 4.78 is 1.72. The van der Waals surface area contributed by atoms with Crippen molar-refractivity contribution in [3.05, 3.63) is 60.0 Å². The van der Waals surface area contributed by atoms with Gasteiger partial charge in [-0.25, -0.2) is 9.50 Å². The highest BCUT2D eigenvalue weighted by atomic mass is 15.3. The smallest absolute Gasteiger partial charge is 0.178 e. The van der Waals surface area contributed by atoms with Crippen molar-refractivity contribution in [2.24, 2.45) is 0 Å². The number of anilines is 1. The van der Waals surface area contributed by atoms with Crippen LogP contribution in [0.3, 0.4) is 0 Å². The van der Waals surface area contributed by atoms with E-state index in [1.807, 2.05) is 30.5 Å². The molecule has 0 spiro atoms. The summed E-state index contributed by atoms with van der Waals surface area (Å²) in [4.78, 5) is 4.22. The van der Waals surface area contributed by atoms with Gasteiger partial charge in [-0.3, -0.25) is 0 Å². The van der Waals surface area contributed by atoms with E-state index >= 15 is 0 Å². The number of aromatic nitrogens is 3. The van der Waals surface area contributed by atoms with E-state index in [0.29, 0.717) is 5.69 Å². The molecule has 2 heterocycles. The average molecular weight is 224 g/mol. The Balaban J connectivity index is 2.04. The second kappa shape index (κ2) is 3.90. The van der Waals surface area contributed by atoms with E-state index in [9.17, 15) is 0 Å². The summed E-state index contributed by atoms with van der Waals surface area (Å²) in [6.45, 7) is 0. The number of nitrogens with two attached hydrogens (primary N) is 1. The number of fused-ring (bicyclic) bond motifs is 1. The highest BCUT2D eigenvalue weighted by Crippen LogP contribution is 2.18. The lowest BCUT2D eigenvalue weighted by atomic mass is 10.1. The minimum Gasteiger partial charge on any atom is -0.394 e. The largest absolute Gasteiger partial charge is 0.394 e. The van der Waals surface area contributed by atoms with Gasteiger partial charge in [-0.2, -0.15) is 5.10 Å². The third-order valence-corrected chi connectivity index (χ3v) is 2.72. The molecule has 4 heteroatoms. The molecule has 0 amide bonds. The maximum Gasteiger partial charge on any atom is 0.178 e. The maximum atomic E-state index is 6.04. The van der Waals surface area contributed by atoms with Crippen LogP contribution in [-0.2, 0) is 6.42 Å². The first kappa shape index (κ1) is 9.84.